The van der Waals surface area contributed by atoms with E-state index < -0.39 is 0 Å². The number of ketones is 1. The molecule has 26 heavy (non-hydrogen) atoms. The zero-order valence-corrected chi connectivity index (χ0v) is 18.1. The first-order valence-electron chi connectivity index (χ1n) is 8.47. The summed E-state index contributed by atoms with van der Waals surface area (Å²) in [6.07, 6.45) is 3.14. The summed E-state index contributed by atoms with van der Waals surface area (Å²) < 4.78 is 4.31. The number of benzene rings is 2. The number of rotatable bonds is 6. The van der Waals surface area contributed by atoms with Gasteiger partial charge in [-0.3, -0.25) is 4.79 Å². The van der Waals surface area contributed by atoms with Gasteiger partial charge in [0.2, 0.25) is 5.78 Å². The Morgan fingerprint density at radius 3 is 2.54 bits per heavy atom. The number of aryl methyl sites for hydroxylation is 1. The molecule has 0 aliphatic rings. The number of hydrogen-bond acceptors (Lipinski definition) is 1. The summed E-state index contributed by atoms with van der Waals surface area (Å²) in [5.41, 5.74) is 2.79. The molecule has 0 atom stereocenters. The minimum absolute atomic E-state index is 0. The lowest BCUT2D eigenvalue weighted by Gasteiger charge is -2.04. The zero-order valence-electron chi connectivity index (χ0n) is 14.8. The summed E-state index contributed by atoms with van der Waals surface area (Å²) in [5.74, 6) is 1.19. The SMILES string of the molecule is Br.CCCCc1n(CC(=O)c2ccc(Cl)c(Cl)c2)c2ccccc2[n+]1C. The molecule has 0 spiro atoms. The molecule has 138 valence electrons. The standard InChI is InChI=1S/C20H21Cl2N2O.BrH/c1-3-4-9-20-23(2)17-7-5-6-8-18(17)24(20)13-19(25)14-10-11-15(21)16(22)12-14;/h5-8,10-12H,3-4,9,13H2,1-2H3;1H/q+1;. The number of halogens is 3. The lowest BCUT2D eigenvalue weighted by molar-refractivity contribution is -0.654. The lowest BCUT2D eigenvalue weighted by Crippen LogP contribution is -2.33. The highest BCUT2D eigenvalue weighted by Crippen LogP contribution is 2.23. The van der Waals surface area contributed by atoms with E-state index in [9.17, 15) is 4.79 Å². The van der Waals surface area contributed by atoms with Crippen LogP contribution in [0.1, 0.15) is 35.9 Å². The molecule has 1 heterocycles. The second-order valence-corrected chi connectivity index (χ2v) is 7.02. The zero-order chi connectivity index (χ0) is 18.0. The molecule has 0 unspecified atom stereocenters. The van der Waals surface area contributed by atoms with E-state index >= 15 is 0 Å². The molecule has 1 aromatic heterocycles. The number of imidazole rings is 1. The van der Waals surface area contributed by atoms with Gasteiger partial charge >= 0.3 is 0 Å². The van der Waals surface area contributed by atoms with Crippen LogP contribution < -0.4 is 4.57 Å². The third-order valence-electron chi connectivity index (χ3n) is 4.53. The van der Waals surface area contributed by atoms with Gasteiger partial charge in [0.15, 0.2) is 17.6 Å². The van der Waals surface area contributed by atoms with Gasteiger partial charge < -0.3 is 0 Å². The highest BCUT2D eigenvalue weighted by atomic mass is 79.9. The van der Waals surface area contributed by atoms with Crippen LogP contribution in [0.5, 0.6) is 0 Å². The Balaban J connectivity index is 0.00000243. The van der Waals surface area contributed by atoms with Gasteiger partial charge in [0, 0.05) is 12.0 Å². The summed E-state index contributed by atoms with van der Waals surface area (Å²) in [5, 5.41) is 0.862. The fourth-order valence-corrected chi connectivity index (χ4v) is 3.45. The Labute approximate surface area is 174 Å². The molecule has 6 heteroatoms. The third-order valence-corrected chi connectivity index (χ3v) is 5.27. The molecule has 0 aliphatic heterocycles. The van der Waals surface area contributed by atoms with Crippen LogP contribution in [0.25, 0.3) is 11.0 Å². The number of carbonyl (C=O) groups is 1. The molecule has 0 bridgehead atoms. The Bertz CT molecular complexity index is 937. The predicted octanol–water partition coefficient (Wildman–Crippen LogP) is 5.58. The number of unbranched alkanes of at least 4 members (excludes halogenated alkanes) is 1. The second kappa shape index (κ2) is 9.03. The van der Waals surface area contributed by atoms with Crippen molar-refractivity contribution in [3.05, 3.63) is 63.9 Å². The molecular formula is C20H22BrCl2N2O+. The third kappa shape index (κ3) is 4.13. The van der Waals surface area contributed by atoms with Crippen LogP contribution in [0.15, 0.2) is 42.5 Å². The van der Waals surface area contributed by atoms with Gasteiger partial charge in [-0.1, -0.05) is 48.7 Å². The topological polar surface area (TPSA) is 25.9 Å². The van der Waals surface area contributed by atoms with Gasteiger partial charge in [0.25, 0.3) is 5.82 Å². The molecule has 3 rings (SSSR count). The largest absolute Gasteiger partial charge is 0.290 e. The molecule has 0 saturated heterocycles. The van der Waals surface area contributed by atoms with Crippen LogP contribution in [0, 0.1) is 0 Å². The number of carbonyl (C=O) groups excluding carboxylic acids is 1. The minimum Gasteiger partial charge on any atom is -0.290 e. The Morgan fingerprint density at radius 2 is 1.85 bits per heavy atom. The van der Waals surface area contributed by atoms with Crippen molar-refractivity contribution in [1.29, 1.82) is 0 Å². The second-order valence-electron chi connectivity index (χ2n) is 6.21. The van der Waals surface area contributed by atoms with Gasteiger partial charge in [-0.2, -0.15) is 0 Å². The van der Waals surface area contributed by atoms with Crippen molar-refractivity contribution < 1.29 is 9.36 Å². The molecule has 0 aliphatic carbocycles. The highest BCUT2D eigenvalue weighted by molar-refractivity contribution is 8.93. The molecule has 0 radical (unpaired) electrons. The van der Waals surface area contributed by atoms with E-state index in [2.05, 4.69) is 35.2 Å². The van der Waals surface area contributed by atoms with Crippen LogP contribution in [0.4, 0.5) is 0 Å². The van der Waals surface area contributed by atoms with Crippen LogP contribution in [0.2, 0.25) is 10.0 Å². The van der Waals surface area contributed by atoms with Crippen molar-refractivity contribution in [2.75, 3.05) is 0 Å². The van der Waals surface area contributed by atoms with Crippen molar-refractivity contribution in [1.82, 2.24) is 4.57 Å². The van der Waals surface area contributed by atoms with E-state index in [1.54, 1.807) is 18.2 Å². The lowest BCUT2D eigenvalue weighted by atomic mass is 10.1. The number of hydrogen-bond donors (Lipinski definition) is 0. The number of Topliss-reactive ketones (excluding diaryl/α,β-unsaturated/α-hetero) is 1. The van der Waals surface area contributed by atoms with Gasteiger partial charge in [-0.05, 0) is 36.8 Å². The first kappa shape index (κ1) is 20.9. The average Bonchev–Trinajstić information content (AvgIpc) is 2.87. The van der Waals surface area contributed by atoms with Crippen molar-refractivity contribution in [3.8, 4) is 0 Å². The van der Waals surface area contributed by atoms with E-state index in [-0.39, 0.29) is 22.8 Å². The fourth-order valence-electron chi connectivity index (χ4n) is 3.15. The van der Waals surface area contributed by atoms with E-state index in [0.29, 0.717) is 22.2 Å². The molecule has 3 nitrogen and oxygen atoms in total. The normalized spacial score (nSPS) is 10.8. The van der Waals surface area contributed by atoms with E-state index in [4.69, 9.17) is 23.2 Å². The summed E-state index contributed by atoms with van der Waals surface area (Å²) in [6.45, 7) is 2.46. The Morgan fingerprint density at radius 1 is 1.12 bits per heavy atom. The maximum absolute atomic E-state index is 12.8. The first-order chi connectivity index (χ1) is 12.0. The van der Waals surface area contributed by atoms with Crippen LogP contribution >= 0.6 is 40.2 Å². The average molecular weight is 457 g/mol. The van der Waals surface area contributed by atoms with Crippen molar-refractivity contribution in [2.24, 2.45) is 7.05 Å². The molecule has 2 aromatic carbocycles. The summed E-state index contributed by atoms with van der Waals surface area (Å²) >= 11 is 12.0. The number of aromatic nitrogens is 2. The number of fused-ring (bicyclic) bond motifs is 1. The first-order valence-corrected chi connectivity index (χ1v) is 9.23. The quantitative estimate of drug-likeness (QED) is 0.351. The van der Waals surface area contributed by atoms with E-state index in [1.807, 2.05) is 12.1 Å². The highest BCUT2D eigenvalue weighted by Gasteiger charge is 2.24. The fraction of sp³-hybridized carbons (Fsp3) is 0.300. The maximum atomic E-state index is 12.8. The van der Waals surface area contributed by atoms with Gasteiger partial charge in [-0.15, -0.1) is 17.0 Å². The summed E-state index contributed by atoms with van der Waals surface area (Å²) in [6, 6.07) is 13.2. The molecular weight excluding hydrogens is 435 g/mol. The van der Waals surface area contributed by atoms with Gasteiger partial charge in [0.05, 0.1) is 17.1 Å². The van der Waals surface area contributed by atoms with Crippen LogP contribution in [0.3, 0.4) is 0 Å². The molecule has 3 aromatic rings. The van der Waals surface area contributed by atoms with Crippen molar-refractivity contribution >= 4 is 57.0 Å². The van der Waals surface area contributed by atoms with E-state index in [1.165, 1.54) is 0 Å². The van der Waals surface area contributed by atoms with Crippen LogP contribution in [-0.2, 0) is 20.0 Å². The Hall–Kier alpha value is -1.36. The minimum atomic E-state index is 0. The summed E-state index contributed by atoms with van der Waals surface area (Å²) in [7, 11) is 2.06. The predicted molar refractivity (Wildman–Crippen MR) is 113 cm³/mol. The summed E-state index contributed by atoms with van der Waals surface area (Å²) in [4.78, 5) is 12.8. The molecule has 0 amide bonds. The monoisotopic (exact) mass is 455 g/mol. The number of nitrogens with zero attached hydrogens (tertiary/aromatic N) is 2. The van der Waals surface area contributed by atoms with Crippen molar-refractivity contribution in [3.63, 3.8) is 0 Å². The van der Waals surface area contributed by atoms with Gasteiger partial charge in [0.1, 0.15) is 0 Å². The van der Waals surface area contributed by atoms with Crippen molar-refractivity contribution in [2.45, 2.75) is 32.7 Å². The molecule has 0 saturated carbocycles. The number of para-hydroxylation sites is 2. The van der Waals surface area contributed by atoms with Crippen LogP contribution in [-0.4, -0.2) is 10.4 Å². The molecule has 0 fully saturated rings. The van der Waals surface area contributed by atoms with Gasteiger partial charge in [-0.25, -0.2) is 9.13 Å². The Kier molecular flexibility index (Phi) is 7.27. The molecule has 0 N–H and O–H groups in total. The maximum Gasteiger partial charge on any atom is 0.257 e. The van der Waals surface area contributed by atoms with E-state index in [0.717, 1.165) is 36.1 Å². The smallest absolute Gasteiger partial charge is 0.257 e.